The first kappa shape index (κ1) is 16.3. The van der Waals surface area contributed by atoms with E-state index >= 15 is 0 Å². The highest BCUT2D eigenvalue weighted by Crippen LogP contribution is 2.32. The van der Waals surface area contributed by atoms with Crippen molar-refractivity contribution in [3.63, 3.8) is 0 Å². The largest absolute Gasteiger partial charge is 0.382 e. The van der Waals surface area contributed by atoms with Crippen LogP contribution in [-0.4, -0.2) is 20.2 Å². The van der Waals surface area contributed by atoms with E-state index in [-0.39, 0.29) is 5.75 Å². The summed E-state index contributed by atoms with van der Waals surface area (Å²) in [5.41, 5.74) is 1.03. The number of hydrogen-bond donors (Lipinski definition) is 1. The summed E-state index contributed by atoms with van der Waals surface area (Å²) in [5, 5.41) is 3.61. The van der Waals surface area contributed by atoms with Gasteiger partial charge in [0.2, 0.25) is 0 Å². The highest BCUT2D eigenvalue weighted by atomic mass is 32.2. The highest BCUT2D eigenvalue weighted by Gasteiger charge is 2.27. The summed E-state index contributed by atoms with van der Waals surface area (Å²) >= 11 is 0. The summed E-state index contributed by atoms with van der Waals surface area (Å²) in [4.78, 5) is 0.416. The number of sulfone groups is 1. The van der Waals surface area contributed by atoms with Crippen LogP contribution in [0.3, 0.4) is 0 Å². The van der Waals surface area contributed by atoms with Crippen molar-refractivity contribution in [2.75, 3.05) is 11.1 Å². The molecule has 1 saturated carbocycles. The SMILES string of the molecule is CCS(=O)(=O)c1ccc(NC2CCCCC2C(C)C)cc1. The summed E-state index contributed by atoms with van der Waals surface area (Å²) in [6.45, 7) is 6.26. The number of anilines is 1. The average Bonchev–Trinajstić information content (AvgIpc) is 2.48. The smallest absolute Gasteiger partial charge is 0.178 e. The van der Waals surface area contributed by atoms with Gasteiger partial charge in [-0.2, -0.15) is 0 Å². The molecule has 0 radical (unpaired) electrons. The molecule has 0 heterocycles. The molecule has 0 aliphatic heterocycles. The van der Waals surface area contributed by atoms with Crippen LogP contribution in [-0.2, 0) is 9.84 Å². The quantitative estimate of drug-likeness (QED) is 0.890. The molecule has 1 fully saturated rings. The summed E-state index contributed by atoms with van der Waals surface area (Å²) in [6, 6.07) is 7.73. The van der Waals surface area contributed by atoms with Gasteiger partial charge in [-0.3, -0.25) is 0 Å². The fraction of sp³-hybridized carbons (Fsp3) is 0.647. The van der Waals surface area contributed by atoms with Crippen molar-refractivity contribution < 1.29 is 8.42 Å². The monoisotopic (exact) mass is 309 g/mol. The summed E-state index contributed by atoms with van der Waals surface area (Å²) in [7, 11) is -3.10. The van der Waals surface area contributed by atoms with Gasteiger partial charge in [-0.15, -0.1) is 0 Å². The molecule has 2 atom stereocenters. The Hall–Kier alpha value is -1.03. The third-order valence-corrected chi connectivity index (χ3v) is 6.37. The number of rotatable bonds is 5. The van der Waals surface area contributed by atoms with E-state index in [1.165, 1.54) is 25.7 Å². The third kappa shape index (κ3) is 4.00. The molecule has 0 bridgehead atoms. The molecule has 1 aliphatic rings. The summed E-state index contributed by atoms with van der Waals surface area (Å²) in [5.74, 6) is 1.54. The lowest BCUT2D eigenvalue weighted by atomic mass is 9.78. The zero-order valence-corrected chi connectivity index (χ0v) is 14.1. The molecule has 2 rings (SSSR count). The van der Waals surface area contributed by atoms with Crippen LogP contribution in [0.25, 0.3) is 0 Å². The molecule has 1 aromatic rings. The molecule has 0 saturated heterocycles. The van der Waals surface area contributed by atoms with Gasteiger partial charge in [0, 0.05) is 11.7 Å². The molecular weight excluding hydrogens is 282 g/mol. The zero-order chi connectivity index (χ0) is 15.5. The molecule has 4 heteroatoms. The number of benzene rings is 1. The first-order valence-corrected chi connectivity index (χ1v) is 9.68. The molecule has 21 heavy (non-hydrogen) atoms. The van der Waals surface area contributed by atoms with Crippen molar-refractivity contribution in [2.45, 2.75) is 57.4 Å². The first-order valence-electron chi connectivity index (χ1n) is 8.03. The second kappa shape index (κ2) is 6.82. The Morgan fingerprint density at radius 2 is 1.76 bits per heavy atom. The molecule has 1 N–H and O–H groups in total. The van der Waals surface area contributed by atoms with Gasteiger partial charge in [0.15, 0.2) is 9.84 Å². The molecular formula is C17H27NO2S. The Kier molecular flexibility index (Phi) is 5.31. The minimum absolute atomic E-state index is 0.151. The maximum atomic E-state index is 11.8. The van der Waals surface area contributed by atoms with Crippen molar-refractivity contribution in [2.24, 2.45) is 11.8 Å². The van der Waals surface area contributed by atoms with Crippen LogP contribution >= 0.6 is 0 Å². The zero-order valence-electron chi connectivity index (χ0n) is 13.3. The van der Waals surface area contributed by atoms with Gasteiger partial charge in [0.1, 0.15) is 0 Å². The van der Waals surface area contributed by atoms with E-state index in [2.05, 4.69) is 19.2 Å². The Morgan fingerprint density at radius 1 is 1.14 bits per heavy atom. The molecule has 1 aromatic carbocycles. The van der Waals surface area contributed by atoms with Gasteiger partial charge in [-0.25, -0.2) is 8.42 Å². The second-order valence-electron chi connectivity index (χ2n) is 6.37. The number of nitrogens with one attached hydrogen (secondary N) is 1. The van der Waals surface area contributed by atoms with Crippen LogP contribution in [0, 0.1) is 11.8 Å². The van der Waals surface area contributed by atoms with Crippen molar-refractivity contribution >= 4 is 15.5 Å². The van der Waals surface area contributed by atoms with Gasteiger partial charge in [-0.05, 0) is 48.9 Å². The second-order valence-corrected chi connectivity index (χ2v) is 8.65. The lowest BCUT2D eigenvalue weighted by Gasteiger charge is -2.35. The summed E-state index contributed by atoms with van der Waals surface area (Å²) < 4.78 is 23.6. The predicted molar refractivity (Wildman–Crippen MR) is 88.4 cm³/mol. The molecule has 1 aliphatic carbocycles. The maximum absolute atomic E-state index is 11.8. The summed E-state index contributed by atoms with van der Waals surface area (Å²) in [6.07, 6.45) is 5.10. The van der Waals surface area contributed by atoms with E-state index in [4.69, 9.17) is 0 Å². The molecule has 118 valence electrons. The standard InChI is InChI=1S/C17H27NO2S/c1-4-21(19,20)15-11-9-14(10-12-15)18-17-8-6-5-7-16(17)13(2)3/h9-13,16-18H,4-8H2,1-3H3. The van der Waals surface area contributed by atoms with Crippen LogP contribution in [0.2, 0.25) is 0 Å². The van der Waals surface area contributed by atoms with Crippen molar-refractivity contribution in [3.05, 3.63) is 24.3 Å². The van der Waals surface area contributed by atoms with E-state index in [0.29, 0.717) is 22.8 Å². The van der Waals surface area contributed by atoms with E-state index in [1.54, 1.807) is 19.1 Å². The Morgan fingerprint density at radius 3 is 2.33 bits per heavy atom. The van der Waals surface area contributed by atoms with Crippen LogP contribution in [0.1, 0.15) is 46.5 Å². The Bertz CT molecular complexity index is 549. The van der Waals surface area contributed by atoms with E-state index in [0.717, 1.165) is 5.69 Å². The molecule has 3 nitrogen and oxygen atoms in total. The van der Waals surface area contributed by atoms with Gasteiger partial charge in [-0.1, -0.05) is 33.6 Å². The van der Waals surface area contributed by atoms with Crippen LogP contribution < -0.4 is 5.32 Å². The average molecular weight is 309 g/mol. The van der Waals surface area contributed by atoms with Gasteiger partial charge in [0.05, 0.1) is 10.6 Å². The van der Waals surface area contributed by atoms with Gasteiger partial charge >= 0.3 is 0 Å². The van der Waals surface area contributed by atoms with Crippen LogP contribution in [0.15, 0.2) is 29.2 Å². The van der Waals surface area contributed by atoms with Gasteiger partial charge in [0.25, 0.3) is 0 Å². The Labute approximate surface area is 129 Å². The van der Waals surface area contributed by atoms with E-state index in [9.17, 15) is 8.42 Å². The molecule has 0 aromatic heterocycles. The van der Waals surface area contributed by atoms with Crippen LogP contribution in [0.5, 0.6) is 0 Å². The molecule has 2 unspecified atom stereocenters. The third-order valence-electron chi connectivity index (χ3n) is 4.62. The fourth-order valence-corrected chi connectivity index (χ4v) is 4.16. The van der Waals surface area contributed by atoms with Gasteiger partial charge < -0.3 is 5.32 Å². The topological polar surface area (TPSA) is 46.2 Å². The lowest BCUT2D eigenvalue weighted by Crippen LogP contribution is -2.35. The lowest BCUT2D eigenvalue weighted by molar-refractivity contribution is 0.254. The minimum Gasteiger partial charge on any atom is -0.382 e. The fourth-order valence-electron chi connectivity index (χ4n) is 3.28. The first-order chi connectivity index (χ1) is 9.94. The van der Waals surface area contributed by atoms with Crippen molar-refractivity contribution in [3.8, 4) is 0 Å². The van der Waals surface area contributed by atoms with Crippen molar-refractivity contribution in [1.82, 2.24) is 0 Å². The minimum atomic E-state index is -3.10. The van der Waals surface area contributed by atoms with E-state index < -0.39 is 9.84 Å². The van der Waals surface area contributed by atoms with Crippen LogP contribution in [0.4, 0.5) is 5.69 Å². The normalized spacial score (nSPS) is 23.2. The molecule has 0 amide bonds. The predicted octanol–water partition coefficient (Wildman–Crippen LogP) is 4.11. The molecule has 0 spiro atoms. The Balaban J connectivity index is 2.09. The van der Waals surface area contributed by atoms with E-state index in [1.807, 2.05) is 12.1 Å². The number of hydrogen-bond acceptors (Lipinski definition) is 3. The highest BCUT2D eigenvalue weighted by molar-refractivity contribution is 7.91. The maximum Gasteiger partial charge on any atom is 0.178 e. The van der Waals surface area contributed by atoms with Crippen molar-refractivity contribution in [1.29, 1.82) is 0 Å².